The Bertz CT molecular complexity index is 1270. The number of benzene rings is 3. The number of hydrogen-bond acceptors (Lipinski definition) is 4. The highest BCUT2D eigenvalue weighted by Crippen LogP contribution is 2.33. The van der Waals surface area contributed by atoms with E-state index in [4.69, 9.17) is 4.74 Å². The molecule has 3 aromatic carbocycles. The van der Waals surface area contributed by atoms with Gasteiger partial charge < -0.3 is 10.1 Å². The SMILES string of the molecule is Cc1cccc(C(C)C)c1NC(=O)COc1ccc(S(=O)(=O)N2CCc3ccccc32)cc1. The van der Waals surface area contributed by atoms with Crippen LogP contribution in [0.4, 0.5) is 11.4 Å². The Morgan fingerprint density at radius 2 is 1.76 bits per heavy atom. The smallest absolute Gasteiger partial charge is 0.264 e. The van der Waals surface area contributed by atoms with Crippen LogP contribution in [0.25, 0.3) is 0 Å². The molecule has 0 aromatic heterocycles. The van der Waals surface area contributed by atoms with Crippen LogP contribution in [0.1, 0.15) is 36.5 Å². The number of hydrogen-bond donors (Lipinski definition) is 1. The van der Waals surface area contributed by atoms with Crippen molar-refractivity contribution in [3.8, 4) is 5.75 Å². The number of rotatable bonds is 7. The molecule has 4 rings (SSSR count). The third kappa shape index (κ3) is 4.73. The van der Waals surface area contributed by atoms with Crippen molar-refractivity contribution >= 4 is 27.3 Å². The largest absolute Gasteiger partial charge is 0.484 e. The van der Waals surface area contributed by atoms with E-state index in [1.54, 1.807) is 12.1 Å². The molecule has 0 spiro atoms. The van der Waals surface area contributed by atoms with Gasteiger partial charge in [0.15, 0.2) is 6.61 Å². The average molecular weight is 465 g/mol. The maximum absolute atomic E-state index is 13.1. The Morgan fingerprint density at radius 1 is 1.03 bits per heavy atom. The second-order valence-corrected chi connectivity index (χ2v) is 10.3. The summed E-state index contributed by atoms with van der Waals surface area (Å²) in [4.78, 5) is 12.7. The van der Waals surface area contributed by atoms with Gasteiger partial charge in [0.2, 0.25) is 0 Å². The van der Waals surface area contributed by atoms with Crippen molar-refractivity contribution in [1.82, 2.24) is 0 Å². The van der Waals surface area contributed by atoms with Crippen molar-refractivity contribution in [2.45, 2.75) is 38.0 Å². The molecule has 0 atom stereocenters. The first-order valence-corrected chi connectivity index (χ1v) is 12.4. The van der Waals surface area contributed by atoms with E-state index in [2.05, 4.69) is 19.2 Å². The minimum Gasteiger partial charge on any atom is -0.484 e. The van der Waals surface area contributed by atoms with Crippen molar-refractivity contribution in [3.63, 3.8) is 0 Å². The Hall–Kier alpha value is -3.32. The van der Waals surface area contributed by atoms with E-state index >= 15 is 0 Å². The quantitative estimate of drug-likeness (QED) is 0.540. The normalized spacial score (nSPS) is 13.2. The summed E-state index contributed by atoms with van der Waals surface area (Å²) in [5.74, 6) is 0.439. The molecule has 0 fully saturated rings. The molecule has 172 valence electrons. The van der Waals surface area contributed by atoms with Gasteiger partial charge in [-0.05, 0) is 66.3 Å². The van der Waals surface area contributed by atoms with E-state index in [1.807, 2.05) is 49.4 Å². The lowest BCUT2D eigenvalue weighted by molar-refractivity contribution is -0.118. The highest BCUT2D eigenvalue weighted by molar-refractivity contribution is 7.92. The summed E-state index contributed by atoms with van der Waals surface area (Å²) in [7, 11) is -3.66. The summed E-state index contributed by atoms with van der Waals surface area (Å²) >= 11 is 0. The fraction of sp³-hybridized carbons (Fsp3) is 0.269. The lowest BCUT2D eigenvalue weighted by Crippen LogP contribution is -2.29. The van der Waals surface area contributed by atoms with E-state index in [0.717, 1.165) is 28.1 Å². The summed E-state index contributed by atoms with van der Waals surface area (Å²) in [5, 5.41) is 2.95. The van der Waals surface area contributed by atoms with Gasteiger partial charge in [-0.15, -0.1) is 0 Å². The van der Waals surface area contributed by atoms with Gasteiger partial charge in [0.25, 0.3) is 15.9 Å². The predicted octanol–water partition coefficient (Wildman–Crippen LogP) is 4.89. The summed E-state index contributed by atoms with van der Waals surface area (Å²) < 4.78 is 33.3. The molecule has 0 saturated heterocycles. The van der Waals surface area contributed by atoms with Crippen LogP contribution in [-0.2, 0) is 21.2 Å². The van der Waals surface area contributed by atoms with Gasteiger partial charge in [-0.25, -0.2) is 8.42 Å². The first kappa shape index (κ1) is 22.9. The lowest BCUT2D eigenvalue weighted by Gasteiger charge is -2.19. The minimum absolute atomic E-state index is 0.169. The van der Waals surface area contributed by atoms with Crippen LogP contribution in [-0.4, -0.2) is 27.5 Å². The third-order valence-corrected chi connectivity index (χ3v) is 7.65. The minimum atomic E-state index is -3.66. The van der Waals surface area contributed by atoms with Crippen molar-refractivity contribution in [2.24, 2.45) is 0 Å². The Kier molecular flexibility index (Phi) is 6.42. The topological polar surface area (TPSA) is 75.7 Å². The van der Waals surface area contributed by atoms with Gasteiger partial charge >= 0.3 is 0 Å². The molecule has 1 amide bonds. The maximum atomic E-state index is 13.1. The van der Waals surface area contributed by atoms with Crippen molar-refractivity contribution in [1.29, 1.82) is 0 Å². The molecule has 0 aliphatic carbocycles. The number of fused-ring (bicyclic) bond motifs is 1. The van der Waals surface area contributed by atoms with Gasteiger partial charge in [0.1, 0.15) is 5.75 Å². The van der Waals surface area contributed by atoms with Crippen LogP contribution in [0.2, 0.25) is 0 Å². The molecule has 1 heterocycles. The molecule has 3 aromatic rings. The van der Waals surface area contributed by atoms with Crippen LogP contribution in [0, 0.1) is 6.92 Å². The van der Waals surface area contributed by atoms with E-state index in [-0.39, 0.29) is 23.3 Å². The van der Waals surface area contributed by atoms with Gasteiger partial charge in [0.05, 0.1) is 10.6 Å². The van der Waals surface area contributed by atoms with Crippen LogP contribution < -0.4 is 14.4 Å². The molecule has 0 bridgehead atoms. The molecular weight excluding hydrogens is 436 g/mol. The monoisotopic (exact) mass is 464 g/mol. The zero-order valence-corrected chi connectivity index (χ0v) is 19.9. The number of nitrogens with zero attached hydrogens (tertiary/aromatic N) is 1. The maximum Gasteiger partial charge on any atom is 0.264 e. The highest BCUT2D eigenvalue weighted by atomic mass is 32.2. The third-order valence-electron chi connectivity index (χ3n) is 5.82. The average Bonchev–Trinajstić information content (AvgIpc) is 3.24. The molecular formula is C26H28N2O4S. The summed E-state index contributed by atoms with van der Waals surface area (Å²) in [6.45, 7) is 6.38. The highest BCUT2D eigenvalue weighted by Gasteiger charge is 2.30. The van der Waals surface area contributed by atoms with Gasteiger partial charge in [-0.3, -0.25) is 9.10 Å². The number of nitrogens with one attached hydrogen (secondary N) is 1. The van der Waals surface area contributed by atoms with Crippen molar-refractivity contribution in [2.75, 3.05) is 22.8 Å². The number of para-hydroxylation sites is 2. The number of aryl methyl sites for hydroxylation is 1. The molecule has 7 heteroatoms. The first-order chi connectivity index (χ1) is 15.8. The predicted molar refractivity (Wildman–Crippen MR) is 131 cm³/mol. The first-order valence-electron chi connectivity index (χ1n) is 11.0. The van der Waals surface area contributed by atoms with E-state index in [1.165, 1.54) is 16.4 Å². The molecule has 0 radical (unpaired) electrons. The van der Waals surface area contributed by atoms with Crippen molar-refractivity contribution < 1.29 is 17.9 Å². The summed E-state index contributed by atoms with van der Waals surface area (Å²) in [5.41, 5.74) is 4.63. The zero-order valence-electron chi connectivity index (χ0n) is 19.0. The second kappa shape index (κ2) is 9.27. The van der Waals surface area contributed by atoms with E-state index in [0.29, 0.717) is 18.7 Å². The fourth-order valence-electron chi connectivity index (χ4n) is 4.06. The Labute approximate surface area is 195 Å². The standard InChI is InChI=1S/C26H28N2O4S/c1-18(2)23-9-6-7-19(3)26(23)27-25(29)17-32-21-11-13-22(14-12-21)33(30,31)28-16-15-20-8-4-5-10-24(20)28/h4-14,18H,15-17H2,1-3H3,(H,27,29). The molecule has 1 aliphatic rings. The number of sulfonamides is 1. The van der Waals surface area contributed by atoms with Crippen LogP contribution in [0.3, 0.4) is 0 Å². The summed E-state index contributed by atoms with van der Waals surface area (Å²) in [6, 6.07) is 19.7. The number of amides is 1. The van der Waals surface area contributed by atoms with Gasteiger partial charge in [-0.1, -0.05) is 50.2 Å². The lowest BCUT2D eigenvalue weighted by atomic mass is 9.98. The van der Waals surface area contributed by atoms with Crippen molar-refractivity contribution in [3.05, 3.63) is 83.4 Å². The van der Waals surface area contributed by atoms with Crippen LogP contribution in [0.15, 0.2) is 71.6 Å². The summed E-state index contributed by atoms with van der Waals surface area (Å²) in [6.07, 6.45) is 0.700. The molecule has 0 saturated carbocycles. The zero-order chi connectivity index (χ0) is 23.6. The van der Waals surface area contributed by atoms with Gasteiger partial charge in [0, 0.05) is 12.2 Å². The molecule has 0 unspecified atom stereocenters. The molecule has 1 aliphatic heterocycles. The Balaban J connectivity index is 1.41. The van der Waals surface area contributed by atoms with E-state index in [9.17, 15) is 13.2 Å². The van der Waals surface area contributed by atoms with Crippen LogP contribution >= 0.6 is 0 Å². The molecule has 1 N–H and O–H groups in total. The van der Waals surface area contributed by atoms with Gasteiger partial charge in [-0.2, -0.15) is 0 Å². The molecule has 33 heavy (non-hydrogen) atoms. The fourth-order valence-corrected chi connectivity index (χ4v) is 5.56. The number of carbonyl (C=O) groups excluding carboxylic acids is 1. The van der Waals surface area contributed by atoms with Crippen LogP contribution in [0.5, 0.6) is 5.75 Å². The number of ether oxygens (including phenoxy) is 1. The molecule has 6 nitrogen and oxygen atoms in total. The van der Waals surface area contributed by atoms with E-state index < -0.39 is 10.0 Å². The Morgan fingerprint density at radius 3 is 2.48 bits per heavy atom. The number of anilines is 2. The number of carbonyl (C=O) groups is 1. The second-order valence-electron chi connectivity index (χ2n) is 8.46.